The zero-order valence-electron chi connectivity index (χ0n) is 9.69. The van der Waals surface area contributed by atoms with Gasteiger partial charge in [-0.1, -0.05) is 12.2 Å². The van der Waals surface area contributed by atoms with Crippen molar-refractivity contribution < 1.29 is 9.53 Å². The van der Waals surface area contributed by atoms with E-state index in [4.69, 9.17) is 22.7 Å². The Labute approximate surface area is 106 Å². The van der Waals surface area contributed by atoms with Gasteiger partial charge in [0.2, 0.25) is 0 Å². The minimum Gasteiger partial charge on any atom is -0.450 e. The number of hydrogen-bond donors (Lipinski definition) is 1. The van der Waals surface area contributed by atoms with E-state index in [1.54, 1.807) is 16.7 Å². The van der Waals surface area contributed by atoms with Gasteiger partial charge in [0.1, 0.15) is 0 Å². The lowest BCUT2D eigenvalue weighted by atomic mass is 9.96. The van der Waals surface area contributed by atoms with Crippen molar-refractivity contribution in [2.24, 2.45) is 5.73 Å². The molecule has 0 aromatic carbocycles. The smallest absolute Gasteiger partial charge is 0.409 e. The zero-order chi connectivity index (χ0) is 12.2. The third kappa shape index (κ3) is 2.79. The Kier molecular flexibility index (Phi) is 4.86. The quantitative estimate of drug-likeness (QED) is 0.783. The van der Waals surface area contributed by atoms with Gasteiger partial charge >= 0.3 is 6.09 Å². The predicted molar refractivity (Wildman–Crippen MR) is 70.9 cm³/mol. The predicted octanol–water partition coefficient (Wildman–Crippen LogP) is 1.63. The number of carbonyl (C=O) groups excluding carboxylic acids is 1. The van der Waals surface area contributed by atoms with Crippen molar-refractivity contribution in [3.63, 3.8) is 0 Å². The van der Waals surface area contributed by atoms with Crippen LogP contribution in [-0.2, 0) is 4.74 Å². The molecule has 0 bridgehead atoms. The molecule has 1 fully saturated rings. The van der Waals surface area contributed by atoms with E-state index in [2.05, 4.69) is 0 Å². The summed E-state index contributed by atoms with van der Waals surface area (Å²) in [6.07, 6.45) is 3.39. The van der Waals surface area contributed by atoms with Gasteiger partial charge in [-0.25, -0.2) is 4.79 Å². The molecule has 1 heterocycles. The Bertz CT molecular complexity index is 276. The van der Waals surface area contributed by atoms with E-state index in [9.17, 15) is 4.79 Å². The van der Waals surface area contributed by atoms with E-state index < -0.39 is 0 Å². The Hall–Kier alpha value is -0.490. The van der Waals surface area contributed by atoms with Gasteiger partial charge in [0, 0.05) is 13.1 Å². The Morgan fingerprint density at radius 3 is 2.50 bits per heavy atom. The molecule has 0 unspecified atom stereocenters. The number of amides is 1. The molecule has 92 valence electrons. The number of hydrogen-bond acceptors (Lipinski definition) is 4. The van der Waals surface area contributed by atoms with Crippen LogP contribution in [-0.4, -0.2) is 46.7 Å². The minimum atomic E-state index is -0.236. The first-order valence-electron chi connectivity index (χ1n) is 5.32. The van der Waals surface area contributed by atoms with Crippen molar-refractivity contribution in [1.82, 2.24) is 4.90 Å². The molecular formula is C10H18N2O2S2. The molecule has 0 spiro atoms. The summed E-state index contributed by atoms with van der Waals surface area (Å²) < 4.78 is 4.82. The maximum Gasteiger partial charge on any atom is 0.409 e. The van der Waals surface area contributed by atoms with Crippen molar-refractivity contribution >= 4 is 35.1 Å². The van der Waals surface area contributed by atoms with E-state index in [1.807, 2.05) is 13.2 Å². The van der Waals surface area contributed by atoms with E-state index in [1.165, 1.54) is 0 Å². The van der Waals surface area contributed by atoms with Crippen LogP contribution in [0.25, 0.3) is 0 Å². The number of ether oxygens (including phenoxy) is 1. The molecule has 1 saturated heterocycles. The highest BCUT2D eigenvalue weighted by Gasteiger charge is 2.38. The fourth-order valence-electron chi connectivity index (χ4n) is 1.82. The zero-order valence-corrected chi connectivity index (χ0v) is 11.3. The van der Waals surface area contributed by atoms with Gasteiger partial charge in [-0.2, -0.15) is 11.8 Å². The second kappa shape index (κ2) is 5.72. The van der Waals surface area contributed by atoms with Crippen LogP contribution in [0.3, 0.4) is 0 Å². The van der Waals surface area contributed by atoms with E-state index in [0.717, 1.165) is 12.8 Å². The Balaban J connectivity index is 2.56. The highest BCUT2D eigenvalue weighted by Crippen LogP contribution is 2.34. The summed E-state index contributed by atoms with van der Waals surface area (Å²) in [6.45, 7) is 3.55. The molecule has 0 saturated carbocycles. The normalized spacial score (nSPS) is 19.2. The van der Waals surface area contributed by atoms with Gasteiger partial charge in [-0.05, 0) is 26.0 Å². The number of piperidine rings is 1. The molecule has 2 N–H and O–H groups in total. The average Bonchev–Trinajstić information content (AvgIpc) is 2.29. The summed E-state index contributed by atoms with van der Waals surface area (Å²) in [6, 6.07) is 0. The van der Waals surface area contributed by atoms with Crippen LogP contribution in [0.4, 0.5) is 4.79 Å². The lowest BCUT2D eigenvalue weighted by Crippen LogP contribution is -2.50. The fourth-order valence-corrected chi connectivity index (χ4v) is 3.06. The van der Waals surface area contributed by atoms with Gasteiger partial charge in [-0.15, -0.1) is 0 Å². The van der Waals surface area contributed by atoms with Gasteiger partial charge in [0.05, 0.1) is 16.3 Å². The lowest BCUT2D eigenvalue weighted by molar-refractivity contribution is 0.0984. The summed E-state index contributed by atoms with van der Waals surface area (Å²) in [5.41, 5.74) is 5.77. The van der Waals surface area contributed by atoms with Crippen LogP contribution in [0.5, 0.6) is 0 Å². The van der Waals surface area contributed by atoms with E-state index in [0.29, 0.717) is 24.7 Å². The van der Waals surface area contributed by atoms with Gasteiger partial charge in [-0.3, -0.25) is 0 Å². The van der Waals surface area contributed by atoms with Crippen LogP contribution in [0, 0.1) is 0 Å². The number of nitrogens with two attached hydrogens (primary N) is 1. The van der Waals surface area contributed by atoms with Gasteiger partial charge < -0.3 is 15.4 Å². The molecule has 4 nitrogen and oxygen atoms in total. The van der Waals surface area contributed by atoms with Crippen molar-refractivity contribution in [3.05, 3.63) is 0 Å². The first-order chi connectivity index (χ1) is 7.55. The monoisotopic (exact) mass is 262 g/mol. The maximum absolute atomic E-state index is 11.5. The number of nitrogens with zero attached hydrogens (tertiary/aromatic N) is 1. The molecule has 0 atom stereocenters. The third-order valence-corrected chi connectivity index (χ3v) is 4.87. The molecule has 1 aliphatic rings. The van der Waals surface area contributed by atoms with Crippen LogP contribution >= 0.6 is 24.0 Å². The standard InChI is InChI=1S/C10H18N2O2S2/c1-3-14-9(13)12-6-4-10(16-2,5-7-12)8(11)15/h3-7H2,1-2H3,(H2,11,15). The highest BCUT2D eigenvalue weighted by atomic mass is 32.2. The SMILES string of the molecule is CCOC(=O)N1CCC(SC)(C(N)=S)CC1. The number of thioether (sulfide) groups is 1. The topological polar surface area (TPSA) is 55.6 Å². The number of likely N-dealkylation sites (tertiary alicyclic amines) is 1. The summed E-state index contributed by atoms with van der Waals surface area (Å²) in [7, 11) is 0. The van der Waals surface area contributed by atoms with Crippen molar-refractivity contribution in [2.45, 2.75) is 24.5 Å². The molecule has 0 radical (unpaired) electrons. The second-order valence-corrected chi connectivity index (χ2v) is 5.38. The fraction of sp³-hybridized carbons (Fsp3) is 0.800. The summed E-state index contributed by atoms with van der Waals surface area (Å²) in [5, 5.41) is 0. The van der Waals surface area contributed by atoms with E-state index >= 15 is 0 Å². The third-order valence-electron chi connectivity index (χ3n) is 2.94. The molecular weight excluding hydrogens is 244 g/mol. The van der Waals surface area contributed by atoms with Gasteiger partial charge in [0.25, 0.3) is 0 Å². The lowest BCUT2D eigenvalue weighted by Gasteiger charge is -2.39. The Morgan fingerprint density at radius 1 is 1.56 bits per heavy atom. The molecule has 1 rings (SSSR count). The molecule has 16 heavy (non-hydrogen) atoms. The molecule has 1 aliphatic heterocycles. The van der Waals surface area contributed by atoms with Crippen LogP contribution in [0.2, 0.25) is 0 Å². The largest absolute Gasteiger partial charge is 0.450 e. The van der Waals surface area contributed by atoms with Crippen molar-refractivity contribution in [3.8, 4) is 0 Å². The number of rotatable bonds is 3. The molecule has 6 heteroatoms. The molecule has 0 aliphatic carbocycles. The minimum absolute atomic E-state index is 0.141. The van der Waals surface area contributed by atoms with Crippen molar-refractivity contribution in [1.29, 1.82) is 0 Å². The molecule has 0 aromatic heterocycles. The van der Waals surface area contributed by atoms with Crippen LogP contribution in [0.15, 0.2) is 0 Å². The van der Waals surface area contributed by atoms with Gasteiger partial charge in [0.15, 0.2) is 0 Å². The summed E-state index contributed by atoms with van der Waals surface area (Å²) in [5.74, 6) is 0. The number of thiocarbonyl (C=S) groups is 1. The van der Waals surface area contributed by atoms with Crippen LogP contribution in [0.1, 0.15) is 19.8 Å². The van der Waals surface area contributed by atoms with Crippen molar-refractivity contribution in [2.75, 3.05) is 26.0 Å². The highest BCUT2D eigenvalue weighted by molar-refractivity contribution is 8.02. The molecule has 1 amide bonds. The number of carbonyl (C=O) groups is 1. The Morgan fingerprint density at radius 2 is 2.12 bits per heavy atom. The van der Waals surface area contributed by atoms with E-state index in [-0.39, 0.29) is 10.8 Å². The average molecular weight is 262 g/mol. The maximum atomic E-state index is 11.5. The summed E-state index contributed by atoms with van der Waals surface area (Å²) in [4.78, 5) is 13.8. The van der Waals surface area contributed by atoms with Crippen LogP contribution < -0.4 is 5.73 Å². The molecule has 0 aromatic rings. The first-order valence-corrected chi connectivity index (χ1v) is 6.96. The first kappa shape index (κ1) is 13.6. The second-order valence-electron chi connectivity index (χ2n) is 3.75. The summed E-state index contributed by atoms with van der Waals surface area (Å²) >= 11 is 6.79.